The average Bonchev–Trinajstić information content (AvgIpc) is 2.91. The average molecular weight is 200 g/mol. The number of hydrogen-bond donors (Lipinski definition) is 1. The maximum Gasteiger partial charge on any atom is 0.330 e. The minimum atomic E-state index is -0.330. The van der Waals surface area contributed by atoms with Crippen LogP contribution in [-0.2, 0) is 14.3 Å². The first-order valence-corrected chi connectivity index (χ1v) is 4.89. The Morgan fingerprint density at radius 2 is 2.43 bits per heavy atom. The zero-order chi connectivity index (χ0) is 10.4. The van der Waals surface area contributed by atoms with E-state index in [9.17, 15) is 4.79 Å². The second kappa shape index (κ2) is 5.78. The highest BCUT2D eigenvalue weighted by Crippen LogP contribution is 2.27. The number of epoxide rings is 1. The normalized spacial score (nSPS) is 25.3. The summed E-state index contributed by atoms with van der Waals surface area (Å²) in [5, 5.41) is 8.57. The van der Waals surface area contributed by atoms with Gasteiger partial charge in [0.25, 0.3) is 0 Å². The number of aliphatic hydroxyl groups is 1. The standard InChI is InChI=1S/C10H16O4/c1-2-13-10(12)6-5-9-8(14-9)4-3-7-11/h5-6,8-9,11H,2-4,7H2,1H3/b6-5+/t8-,9-/m1/s1. The lowest BCUT2D eigenvalue weighted by molar-refractivity contribution is -0.137. The van der Waals surface area contributed by atoms with E-state index < -0.39 is 0 Å². The first-order chi connectivity index (χ1) is 6.77. The van der Waals surface area contributed by atoms with Crippen LogP contribution in [0.1, 0.15) is 19.8 Å². The molecule has 4 nitrogen and oxygen atoms in total. The summed E-state index contributed by atoms with van der Waals surface area (Å²) in [5.74, 6) is -0.330. The van der Waals surface area contributed by atoms with Crippen molar-refractivity contribution in [1.29, 1.82) is 0 Å². The number of hydrogen-bond acceptors (Lipinski definition) is 4. The van der Waals surface area contributed by atoms with E-state index in [0.717, 1.165) is 12.8 Å². The van der Waals surface area contributed by atoms with Crippen molar-refractivity contribution in [2.24, 2.45) is 0 Å². The summed E-state index contributed by atoms with van der Waals surface area (Å²) >= 11 is 0. The van der Waals surface area contributed by atoms with Gasteiger partial charge in [-0.15, -0.1) is 0 Å². The van der Waals surface area contributed by atoms with Crippen LogP contribution in [0.5, 0.6) is 0 Å². The first-order valence-electron chi connectivity index (χ1n) is 4.89. The summed E-state index contributed by atoms with van der Waals surface area (Å²) in [6, 6.07) is 0. The molecule has 4 heteroatoms. The Kier molecular flexibility index (Phi) is 4.62. The fourth-order valence-corrected chi connectivity index (χ4v) is 1.21. The van der Waals surface area contributed by atoms with Gasteiger partial charge in [-0.2, -0.15) is 0 Å². The number of aliphatic hydroxyl groups excluding tert-OH is 1. The molecule has 0 aliphatic carbocycles. The molecule has 0 amide bonds. The van der Waals surface area contributed by atoms with Crippen LogP contribution in [-0.4, -0.2) is 36.5 Å². The van der Waals surface area contributed by atoms with E-state index in [1.807, 2.05) is 0 Å². The monoisotopic (exact) mass is 200 g/mol. The second-order valence-corrected chi connectivity index (χ2v) is 3.12. The molecule has 0 aromatic rings. The van der Waals surface area contributed by atoms with Gasteiger partial charge >= 0.3 is 5.97 Å². The first kappa shape index (κ1) is 11.2. The fourth-order valence-electron chi connectivity index (χ4n) is 1.21. The second-order valence-electron chi connectivity index (χ2n) is 3.12. The van der Waals surface area contributed by atoms with E-state index in [-0.39, 0.29) is 24.8 Å². The predicted molar refractivity (Wildman–Crippen MR) is 50.8 cm³/mol. The quantitative estimate of drug-likeness (QED) is 0.388. The van der Waals surface area contributed by atoms with Gasteiger partial charge in [0.2, 0.25) is 0 Å². The van der Waals surface area contributed by atoms with E-state index in [1.54, 1.807) is 13.0 Å². The SMILES string of the molecule is CCOC(=O)/C=C/[C@H]1O[C@@H]1CCCO. The predicted octanol–water partition coefficient (Wildman–Crippen LogP) is 0.646. The molecule has 1 aliphatic heterocycles. The number of carbonyl (C=O) groups is 1. The van der Waals surface area contributed by atoms with Crippen molar-refractivity contribution in [3.63, 3.8) is 0 Å². The highest BCUT2D eigenvalue weighted by atomic mass is 16.6. The molecule has 0 saturated carbocycles. The van der Waals surface area contributed by atoms with Gasteiger partial charge < -0.3 is 14.6 Å². The van der Waals surface area contributed by atoms with Gasteiger partial charge in [-0.1, -0.05) is 0 Å². The van der Waals surface area contributed by atoms with Crippen LogP contribution in [0.25, 0.3) is 0 Å². The molecule has 0 bridgehead atoms. The third-order valence-corrected chi connectivity index (χ3v) is 1.98. The van der Waals surface area contributed by atoms with Crippen LogP contribution in [0.4, 0.5) is 0 Å². The van der Waals surface area contributed by atoms with Crippen LogP contribution in [0.15, 0.2) is 12.2 Å². The number of carbonyl (C=O) groups excluding carboxylic acids is 1. The zero-order valence-corrected chi connectivity index (χ0v) is 8.31. The molecular weight excluding hydrogens is 184 g/mol. The van der Waals surface area contributed by atoms with Gasteiger partial charge in [0.05, 0.1) is 12.7 Å². The van der Waals surface area contributed by atoms with E-state index >= 15 is 0 Å². The van der Waals surface area contributed by atoms with Crippen molar-refractivity contribution in [3.8, 4) is 0 Å². The molecule has 1 fully saturated rings. The summed E-state index contributed by atoms with van der Waals surface area (Å²) in [6.45, 7) is 2.35. The molecule has 1 saturated heterocycles. The van der Waals surface area contributed by atoms with E-state index in [2.05, 4.69) is 0 Å². The lowest BCUT2D eigenvalue weighted by Crippen LogP contribution is -2.00. The van der Waals surface area contributed by atoms with Crippen LogP contribution in [0.2, 0.25) is 0 Å². The molecule has 1 rings (SSSR count). The molecule has 14 heavy (non-hydrogen) atoms. The van der Waals surface area contributed by atoms with Crippen LogP contribution in [0, 0.1) is 0 Å². The van der Waals surface area contributed by atoms with E-state index in [4.69, 9.17) is 14.6 Å². The lowest BCUT2D eigenvalue weighted by Gasteiger charge is -1.93. The van der Waals surface area contributed by atoms with Gasteiger partial charge in [0.15, 0.2) is 0 Å². The Hall–Kier alpha value is -0.870. The molecule has 80 valence electrons. The summed E-state index contributed by atoms with van der Waals surface area (Å²) in [6.07, 6.45) is 4.90. The van der Waals surface area contributed by atoms with Crippen molar-refractivity contribution in [1.82, 2.24) is 0 Å². The van der Waals surface area contributed by atoms with Gasteiger partial charge in [-0.05, 0) is 25.8 Å². The summed E-state index contributed by atoms with van der Waals surface area (Å²) in [4.78, 5) is 10.9. The molecular formula is C10H16O4. The van der Waals surface area contributed by atoms with Crippen molar-refractivity contribution in [3.05, 3.63) is 12.2 Å². The molecule has 0 aromatic heterocycles. The van der Waals surface area contributed by atoms with Crippen molar-refractivity contribution >= 4 is 5.97 Å². The van der Waals surface area contributed by atoms with E-state index in [0.29, 0.717) is 6.61 Å². The Morgan fingerprint density at radius 1 is 1.64 bits per heavy atom. The highest BCUT2D eigenvalue weighted by molar-refractivity contribution is 5.82. The minimum absolute atomic E-state index is 0.0333. The topological polar surface area (TPSA) is 59.1 Å². The maximum atomic E-state index is 10.9. The number of rotatable bonds is 6. The van der Waals surface area contributed by atoms with Crippen LogP contribution < -0.4 is 0 Å². The van der Waals surface area contributed by atoms with Crippen molar-refractivity contribution in [2.75, 3.05) is 13.2 Å². The van der Waals surface area contributed by atoms with Gasteiger partial charge in [-0.3, -0.25) is 0 Å². The summed E-state index contributed by atoms with van der Waals surface area (Å²) < 4.78 is 9.96. The lowest BCUT2D eigenvalue weighted by atomic mass is 10.2. The molecule has 1 aliphatic rings. The molecule has 0 unspecified atom stereocenters. The summed E-state index contributed by atoms with van der Waals surface area (Å²) in [7, 11) is 0. The fraction of sp³-hybridized carbons (Fsp3) is 0.700. The zero-order valence-electron chi connectivity index (χ0n) is 8.31. The summed E-state index contributed by atoms with van der Waals surface area (Å²) in [5.41, 5.74) is 0. The molecule has 1 N–H and O–H groups in total. The molecule has 2 atom stereocenters. The molecule has 0 spiro atoms. The van der Waals surface area contributed by atoms with Crippen molar-refractivity contribution < 1.29 is 19.4 Å². The maximum absolute atomic E-state index is 10.9. The smallest absolute Gasteiger partial charge is 0.330 e. The van der Waals surface area contributed by atoms with Gasteiger partial charge in [0, 0.05) is 12.7 Å². The van der Waals surface area contributed by atoms with Gasteiger partial charge in [0.1, 0.15) is 6.10 Å². The Morgan fingerprint density at radius 3 is 3.07 bits per heavy atom. The Bertz CT molecular complexity index is 212. The number of ether oxygens (including phenoxy) is 2. The van der Waals surface area contributed by atoms with Crippen LogP contribution in [0.3, 0.4) is 0 Å². The van der Waals surface area contributed by atoms with E-state index in [1.165, 1.54) is 6.08 Å². The van der Waals surface area contributed by atoms with Crippen LogP contribution >= 0.6 is 0 Å². The molecule has 1 heterocycles. The van der Waals surface area contributed by atoms with Crippen molar-refractivity contribution in [2.45, 2.75) is 32.0 Å². The third-order valence-electron chi connectivity index (χ3n) is 1.98. The minimum Gasteiger partial charge on any atom is -0.463 e. The molecule has 0 radical (unpaired) electrons. The Balaban J connectivity index is 2.12. The third kappa shape index (κ3) is 3.89. The van der Waals surface area contributed by atoms with Gasteiger partial charge in [-0.25, -0.2) is 4.79 Å². The number of esters is 1. The largest absolute Gasteiger partial charge is 0.463 e. The highest BCUT2D eigenvalue weighted by Gasteiger charge is 2.35. The molecule has 0 aromatic carbocycles. The Labute approximate surface area is 83.5 Å².